The van der Waals surface area contributed by atoms with Crippen LogP contribution in [0.5, 0.6) is 0 Å². The second-order valence-corrected chi connectivity index (χ2v) is 6.64. The first kappa shape index (κ1) is 15.1. The molecule has 1 unspecified atom stereocenters. The molecule has 2 aromatic rings. The van der Waals surface area contributed by atoms with Gasteiger partial charge in [-0.25, -0.2) is 0 Å². The van der Waals surface area contributed by atoms with E-state index in [9.17, 15) is 0 Å². The van der Waals surface area contributed by atoms with E-state index < -0.39 is 0 Å². The summed E-state index contributed by atoms with van der Waals surface area (Å²) in [5, 5.41) is 11.0. The summed E-state index contributed by atoms with van der Waals surface area (Å²) < 4.78 is 0. The highest BCUT2D eigenvalue weighted by Gasteiger charge is 2.07. The zero-order valence-corrected chi connectivity index (χ0v) is 13.6. The quantitative estimate of drug-likeness (QED) is 0.634. The first-order chi connectivity index (χ1) is 9.79. The normalized spacial score (nSPS) is 13.2. The van der Waals surface area contributed by atoms with Crippen LogP contribution in [0.1, 0.15) is 22.6 Å². The molecule has 0 saturated heterocycles. The van der Waals surface area contributed by atoms with Crippen LogP contribution in [0.25, 0.3) is 0 Å². The predicted molar refractivity (Wildman–Crippen MR) is 90.1 cm³/mol. The summed E-state index contributed by atoms with van der Waals surface area (Å²) >= 11 is 3.61. The fourth-order valence-corrected chi connectivity index (χ4v) is 3.40. The zero-order chi connectivity index (χ0) is 14.2. The number of aliphatic imine (C=N–C) groups is 1. The molecule has 0 aromatic carbocycles. The minimum absolute atomic E-state index is 0.505. The topological polar surface area (TPSA) is 36.4 Å². The zero-order valence-electron chi connectivity index (χ0n) is 11.9. The summed E-state index contributed by atoms with van der Waals surface area (Å²) in [6.45, 7) is 4.05. The lowest BCUT2D eigenvalue weighted by atomic mass is 10.1. The maximum Gasteiger partial charge on any atom is 0.191 e. The minimum Gasteiger partial charge on any atom is -0.356 e. The molecule has 0 spiro atoms. The van der Waals surface area contributed by atoms with E-state index in [4.69, 9.17) is 0 Å². The smallest absolute Gasteiger partial charge is 0.191 e. The molecule has 2 N–H and O–H groups in total. The van der Waals surface area contributed by atoms with Crippen molar-refractivity contribution in [3.8, 4) is 0 Å². The van der Waals surface area contributed by atoms with E-state index >= 15 is 0 Å². The van der Waals surface area contributed by atoms with Crippen LogP contribution in [0.15, 0.2) is 40.0 Å². The monoisotopic (exact) mass is 307 g/mol. The van der Waals surface area contributed by atoms with Crippen LogP contribution >= 0.6 is 22.7 Å². The first-order valence-electron chi connectivity index (χ1n) is 6.80. The second-order valence-electron chi connectivity index (χ2n) is 4.63. The van der Waals surface area contributed by atoms with Crippen LogP contribution < -0.4 is 10.6 Å². The van der Waals surface area contributed by atoms with E-state index in [2.05, 4.69) is 57.6 Å². The van der Waals surface area contributed by atoms with Gasteiger partial charge in [0.1, 0.15) is 0 Å². The molecule has 3 nitrogen and oxygen atoms in total. The number of rotatable bonds is 6. The Kier molecular flexibility index (Phi) is 6.08. The number of nitrogens with zero attached hydrogens (tertiary/aromatic N) is 1. The predicted octanol–water partition coefficient (Wildman–Crippen LogP) is 3.32. The molecule has 0 fully saturated rings. The molecule has 0 saturated carbocycles. The Labute approximate surface area is 128 Å². The van der Waals surface area contributed by atoms with Gasteiger partial charge in [-0.05, 0) is 29.3 Å². The summed E-state index contributed by atoms with van der Waals surface area (Å²) in [7, 11) is 1.82. The van der Waals surface area contributed by atoms with Gasteiger partial charge in [0.2, 0.25) is 0 Å². The van der Waals surface area contributed by atoms with Gasteiger partial charge in [-0.1, -0.05) is 19.1 Å². The molecular formula is C15H21N3S2. The summed E-state index contributed by atoms with van der Waals surface area (Å²) in [5.74, 6) is 1.39. The Morgan fingerprint density at radius 3 is 2.65 bits per heavy atom. The summed E-state index contributed by atoms with van der Waals surface area (Å²) in [4.78, 5) is 7.07. The maximum atomic E-state index is 4.26. The molecule has 1 atom stereocenters. The lowest BCUT2D eigenvalue weighted by Crippen LogP contribution is -2.39. The molecule has 108 valence electrons. The number of hydrogen-bond acceptors (Lipinski definition) is 3. The van der Waals surface area contributed by atoms with Crippen molar-refractivity contribution in [3.05, 3.63) is 44.8 Å². The standard InChI is InChI=1S/C15H21N3S2/c1-12(14-6-4-10-20-14)11-18-15(16-2)17-8-7-13-5-3-9-19-13/h3-6,9-10,12H,7-8,11H2,1-2H3,(H2,16,17,18). The summed E-state index contributed by atoms with van der Waals surface area (Å²) in [6, 6.07) is 8.55. The minimum atomic E-state index is 0.505. The molecule has 5 heteroatoms. The van der Waals surface area contributed by atoms with Crippen LogP contribution in [-0.4, -0.2) is 26.1 Å². The van der Waals surface area contributed by atoms with E-state index in [0.717, 1.165) is 25.5 Å². The van der Waals surface area contributed by atoms with Gasteiger partial charge in [0.15, 0.2) is 5.96 Å². The molecule has 0 bridgehead atoms. The molecule has 0 radical (unpaired) electrons. The lowest BCUT2D eigenvalue weighted by Gasteiger charge is -2.15. The van der Waals surface area contributed by atoms with Crippen molar-refractivity contribution in [1.29, 1.82) is 0 Å². The highest BCUT2D eigenvalue weighted by molar-refractivity contribution is 7.10. The van der Waals surface area contributed by atoms with Crippen molar-refractivity contribution < 1.29 is 0 Å². The molecular weight excluding hydrogens is 286 g/mol. The first-order valence-corrected chi connectivity index (χ1v) is 8.56. The van der Waals surface area contributed by atoms with E-state index in [-0.39, 0.29) is 0 Å². The molecule has 2 heterocycles. The van der Waals surface area contributed by atoms with E-state index in [1.54, 1.807) is 11.3 Å². The molecule has 20 heavy (non-hydrogen) atoms. The molecule has 0 aliphatic heterocycles. The van der Waals surface area contributed by atoms with Crippen LogP contribution in [0.2, 0.25) is 0 Å². The van der Waals surface area contributed by atoms with E-state index in [0.29, 0.717) is 5.92 Å². The van der Waals surface area contributed by atoms with Crippen molar-refractivity contribution in [2.24, 2.45) is 4.99 Å². The third-order valence-electron chi connectivity index (χ3n) is 3.07. The highest BCUT2D eigenvalue weighted by Crippen LogP contribution is 2.19. The number of nitrogens with one attached hydrogen (secondary N) is 2. The molecule has 0 aliphatic carbocycles. The van der Waals surface area contributed by atoms with Crippen molar-refractivity contribution in [2.75, 3.05) is 20.1 Å². The van der Waals surface area contributed by atoms with Crippen LogP contribution in [0, 0.1) is 0 Å². The van der Waals surface area contributed by atoms with Crippen molar-refractivity contribution in [2.45, 2.75) is 19.3 Å². The van der Waals surface area contributed by atoms with Gasteiger partial charge >= 0.3 is 0 Å². The molecule has 0 aliphatic rings. The molecule has 0 amide bonds. The third kappa shape index (κ3) is 4.65. The lowest BCUT2D eigenvalue weighted by molar-refractivity contribution is 0.707. The fraction of sp³-hybridized carbons (Fsp3) is 0.400. The van der Waals surface area contributed by atoms with Crippen molar-refractivity contribution in [1.82, 2.24) is 10.6 Å². The summed E-state index contributed by atoms with van der Waals surface area (Å²) in [5.41, 5.74) is 0. The van der Waals surface area contributed by atoms with Crippen LogP contribution in [-0.2, 0) is 6.42 Å². The number of thiophene rings is 2. The number of hydrogen-bond donors (Lipinski definition) is 2. The number of guanidine groups is 1. The summed E-state index contributed by atoms with van der Waals surface area (Å²) in [6.07, 6.45) is 1.04. The second kappa shape index (κ2) is 8.07. The Morgan fingerprint density at radius 1 is 1.20 bits per heavy atom. The Bertz CT molecular complexity index is 503. The average molecular weight is 307 g/mol. The van der Waals surface area contributed by atoms with Gasteiger partial charge in [0.05, 0.1) is 0 Å². The maximum absolute atomic E-state index is 4.26. The molecule has 2 aromatic heterocycles. The largest absolute Gasteiger partial charge is 0.356 e. The van der Waals surface area contributed by atoms with Gasteiger partial charge in [0.25, 0.3) is 0 Å². The van der Waals surface area contributed by atoms with Gasteiger partial charge in [-0.2, -0.15) is 0 Å². The van der Waals surface area contributed by atoms with E-state index in [1.165, 1.54) is 9.75 Å². The SMILES string of the molecule is CN=C(NCCc1cccs1)NCC(C)c1cccs1. The van der Waals surface area contributed by atoms with Gasteiger partial charge in [0, 0.05) is 35.8 Å². The Morgan fingerprint density at radius 2 is 2.00 bits per heavy atom. The van der Waals surface area contributed by atoms with E-state index in [1.807, 2.05) is 18.4 Å². The third-order valence-corrected chi connectivity index (χ3v) is 5.11. The van der Waals surface area contributed by atoms with Crippen LogP contribution in [0.4, 0.5) is 0 Å². The van der Waals surface area contributed by atoms with Gasteiger partial charge in [-0.15, -0.1) is 22.7 Å². The fourth-order valence-electron chi connectivity index (χ4n) is 1.90. The Hall–Kier alpha value is -1.33. The van der Waals surface area contributed by atoms with Crippen molar-refractivity contribution in [3.63, 3.8) is 0 Å². The molecule has 2 rings (SSSR count). The van der Waals surface area contributed by atoms with Crippen LogP contribution in [0.3, 0.4) is 0 Å². The van der Waals surface area contributed by atoms with Crippen molar-refractivity contribution >= 4 is 28.6 Å². The average Bonchev–Trinajstić information content (AvgIpc) is 3.14. The highest BCUT2D eigenvalue weighted by atomic mass is 32.1. The van der Waals surface area contributed by atoms with Gasteiger partial charge in [-0.3, -0.25) is 4.99 Å². The van der Waals surface area contributed by atoms with Gasteiger partial charge < -0.3 is 10.6 Å². The Balaban J connectivity index is 1.70.